The summed E-state index contributed by atoms with van der Waals surface area (Å²) in [6.45, 7) is 5.24. The molecule has 1 aromatic rings. The zero-order valence-electron chi connectivity index (χ0n) is 19.1. The Bertz CT molecular complexity index is 841. The van der Waals surface area contributed by atoms with Crippen LogP contribution >= 0.6 is 0 Å². The van der Waals surface area contributed by atoms with Crippen LogP contribution < -0.4 is 4.74 Å². The molecule has 1 amide bonds. The largest absolute Gasteiger partial charge is 0.490 e. The first-order valence-corrected chi connectivity index (χ1v) is 11.2. The molecule has 1 N–H and O–H groups in total. The van der Waals surface area contributed by atoms with E-state index in [2.05, 4.69) is 16.0 Å². The van der Waals surface area contributed by atoms with Crippen molar-refractivity contribution in [2.24, 2.45) is 0 Å². The number of methoxy groups -OCH3 is 1. The van der Waals surface area contributed by atoms with Crippen LogP contribution in [0, 0.1) is 0 Å². The Morgan fingerprint density at radius 3 is 2.59 bits per heavy atom. The molecule has 12 heteroatoms. The molecule has 0 saturated carbocycles. The van der Waals surface area contributed by atoms with E-state index in [0.29, 0.717) is 12.5 Å². The summed E-state index contributed by atoms with van der Waals surface area (Å²) in [5, 5.41) is 7.12. The van der Waals surface area contributed by atoms with Gasteiger partial charge in [-0.15, -0.1) is 0 Å². The molecule has 4 rings (SSSR count). The van der Waals surface area contributed by atoms with Crippen LogP contribution in [0.4, 0.5) is 13.2 Å². The molecule has 0 bridgehead atoms. The smallest absolute Gasteiger partial charge is 0.481 e. The third-order valence-corrected chi connectivity index (χ3v) is 6.05. The minimum Gasteiger partial charge on any atom is -0.481 e. The van der Waals surface area contributed by atoms with Crippen LogP contribution in [0.2, 0.25) is 0 Å². The zero-order valence-corrected chi connectivity index (χ0v) is 19.1. The van der Waals surface area contributed by atoms with E-state index >= 15 is 0 Å². The summed E-state index contributed by atoms with van der Waals surface area (Å²) in [6, 6.07) is 3.99. The van der Waals surface area contributed by atoms with E-state index in [1.165, 1.54) is 0 Å². The number of hydrogen-bond acceptors (Lipinski definition) is 7. The molecule has 3 aliphatic heterocycles. The SMILES string of the molecule is COc1ncccc1CN1CC2(CC(OCC(=O)N3CCCC3)CCO2)C1.O=C(O)C(F)(F)F. The van der Waals surface area contributed by atoms with Crippen molar-refractivity contribution in [3.8, 4) is 5.88 Å². The van der Waals surface area contributed by atoms with Crippen molar-refractivity contribution in [3.05, 3.63) is 23.9 Å². The predicted molar refractivity (Wildman–Crippen MR) is 113 cm³/mol. The summed E-state index contributed by atoms with van der Waals surface area (Å²) in [5.74, 6) is -1.94. The van der Waals surface area contributed by atoms with Gasteiger partial charge in [-0.05, 0) is 25.3 Å². The van der Waals surface area contributed by atoms with Crippen LogP contribution in [0.15, 0.2) is 18.3 Å². The number of pyridine rings is 1. The molecule has 190 valence electrons. The van der Waals surface area contributed by atoms with Crippen molar-refractivity contribution in [2.75, 3.05) is 46.5 Å². The Labute approximate surface area is 195 Å². The van der Waals surface area contributed by atoms with Gasteiger partial charge in [0.1, 0.15) is 6.61 Å². The molecular weight excluding hydrogens is 459 g/mol. The number of carbonyl (C=O) groups is 2. The second-order valence-corrected chi connectivity index (χ2v) is 8.67. The number of amides is 1. The maximum absolute atomic E-state index is 12.2. The molecule has 3 saturated heterocycles. The normalized spacial score (nSPS) is 22.0. The molecule has 3 aliphatic rings. The summed E-state index contributed by atoms with van der Waals surface area (Å²) < 4.78 is 49.1. The van der Waals surface area contributed by atoms with E-state index in [9.17, 15) is 18.0 Å². The first kappa shape index (κ1) is 26.2. The lowest BCUT2D eigenvalue weighted by molar-refractivity contribution is -0.200. The van der Waals surface area contributed by atoms with E-state index in [1.807, 2.05) is 11.0 Å². The van der Waals surface area contributed by atoms with E-state index in [0.717, 1.165) is 64.0 Å². The third-order valence-electron chi connectivity index (χ3n) is 6.05. The summed E-state index contributed by atoms with van der Waals surface area (Å²) in [5.41, 5.74) is 0.962. The van der Waals surface area contributed by atoms with Crippen molar-refractivity contribution < 1.29 is 42.1 Å². The van der Waals surface area contributed by atoms with Crippen LogP contribution in [0.3, 0.4) is 0 Å². The summed E-state index contributed by atoms with van der Waals surface area (Å²) >= 11 is 0. The van der Waals surface area contributed by atoms with Gasteiger partial charge in [-0.25, -0.2) is 9.78 Å². The molecule has 34 heavy (non-hydrogen) atoms. The molecule has 1 atom stereocenters. The number of aliphatic carboxylic acids is 1. The van der Waals surface area contributed by atoms with Crippen molar-refractivity contribution in [3.63, 3.8) is 0 Å². The van der Waals surface area contributed by atoms with Crippen LogP contribution in [-0.4, -0.2) is 96.2 Å². The fourth-order valence-electron chi connectivity index (χ4n) is 4.44. The fraction of sp³-hybridized carbons (Fsp3) is 0.682. The van der Waals surface area contributed by atoms with Gasteiger partial charge in [0.25, 0.3) is 0 Å². The highest BCUT2D eigenvalue weighted by molar-refractivity contribution is 5.77. The van der Waals surface area contributed by atoms with Crippen molar-refractivity contribution in [1.29, 1.82) is 0 Å². The molecule has 4 heterocycles. The summed E-state index contributed by atoms with van der Waals surface area (Å²) in [6.07, 6.45) is 0.732. The van der Waals surface area contributed by atoms with Gasteiger partial charge in [-0.2, -0.15) is 13.2 Å². The molecule has 9 nitrogen and oxygen atoms in total. The van der Waals surface area contributed by atoms with E-state index < -0.39 is 12.1 Å². The number of carboxylic acid groups (broad SMARTS) is 1. The van der Waals surface area contributed by atoms with Gasteiger partial charge in [-0.3, -0.25) is 9.69 Å². The van der Waals surface area contributed by atoms with Crippen LogP contribution in [0.5, 0.6) is 5.88 Å². The zero-order chi connectivity index (χ0) is 24.8. The number of likely N-dealkylation sites (tertiary alicyclic amines) is 2. The Balaban J connectivity index is 0.000000406. The highest BCUT2D eigenvalue weighted by atomic mass is 19.4. The molecular formula is C22H30F3N3O6. The molecule has 1 spiro atoms. The lowest BCUT2D eigenvalue weighted by Crippen LogP contribution is -2.65. The minimum atomic E-state index is -5.08. The number of alkyl halides is 3. The highest BCUT2D eigenvalue weighted by Gasteiger charge is 2.48. The van der Waals surface area contributed by atoms with Gasteiger partial charge in [0.15, 0.2) is 0 Å². The third kappa shape index (κ3) is 7.03. The van der Waals surface area contributed by atoms with Gasteiger partial charge in [0.2, 0.25) is 11.8 Å². The van der Waals surface area contributed by atoms with Crippen molar-refractivity contribution in [1.82, 2.24) is 14.8 Å². The Hall–Kier alpha value is -2.44. The minimum absolute atomic E-state index is 0.111. The van der Waals surface area contributed by atoms with E-state index in [1.54, 1.807) is 13.3 Å². The topological polar surface area (TPSA) is 101 Å². The maximum atomic E-state index is 12.2. The fourth-order valence-corrected chi connectivity index (χ4v) is 4.44. The molecule has 1 unspecified atom stereocenters. The van der Waals surface area contributed by atoms with E-state index in [4.69, 9.17) is 24.1 Å². The van der Waals surface area contributed by atoms with Crippen LogP contribution in [-0.2, 0) is 25.6 Å². The number of ether oxygens (including phenoxy) is 3. The van der Waals surface area contributed by atoms with Gasteiger partial charge in [-0.1, -0.05) is 6.07 Å². The highest BCUT2D eigenvalue weighted by Crippen LogP contribution is 2.36. The quantitative estimate of drug-likeness (QED) is 0.649. The van der Waals surface area contributed by atoms with Gasteiger partial charge in [0.05, 0.1) is 18.8 Å². The molecule has 0 aromatic carbocycles. The summed E-state index contributed by atoms with van der Waals surface area (Å²) in [4.78, 5) is 29.6. The standard InChI is InChI=1S/C20H29N3O4.C2HF3O2/c1-25-19-16(5-4-7-21-19)12-22-14-20(15-22)11-17(6-10-27-20)26-13-18(24)23-8-2-3-9-23;3-2(4,5)1(6)7/h4-5,7,17H,2-3,6,8-15H2,1H3;(H,6,7). The number of aromatic nitrogens is 1. The lowest BCUT2D eigenvalue weighted by Gasteiger charge is -2.53. The number of nitrogens with zero attached hydrogens (tertiary/aromatic N) is 3. The second-order valence-electron chi connectivity index (χ2n) is 8.67. The van der Waals surface area contributed by atoms with Crippen LogP contribution in [0.1, 0.15) is 31.2 Å². The van der Waals surface area contributed by atoms with Crippen molar-refractivity contribution in [2.45, 2.75) is 50.1 Å². The molecule has 0 radical (unpaired) electrons. The Morgan fingerprint density at radius 1 is 1.29 bits per heavy atom. The first-order valence-electron chi connectivity index (χ1n) is 11.2. The summed E-state index contributed by atoms with van der Waals surface area (Å²) in [7, 11) is 1.65. The van der Waals surface area contributed by atoms with Gasteiger partial charge in [0, 0.05) is 57.5 Å². The number of halogens is 3. The van der Waals surface area contributed by atoms with Crippen molar-refractivity contribution >= 4 is 11.9 Å². The molecule has 3 fully saturated rings. The first-order chi connectivity index (χ1) is 16.1. The number of carbonyl (C=O) groups excluding carboxylic acids is 1. The Kier molecular flexibility index (Phi) is 8.72. The average Bonchev–Trinajstić information content (AvgIpc) is 3.32. The number of carboxylic acids is 1. The molecule has 0 aliphatic carbocycles. The van der Waals surface area contributed by atoms with Crippen LogP contribution in [0.25, 0.3) is 0 Å². The number of rotatable bonds is 6. The predicted octanol–water partition coefficient (Wildman–Crippen LogP) is 2.10. The Morgan fingerprint density at radius 2 is 1.97 bits per heavy atom. The number of hydrogen-bond donors (Lipinski definition) is 1. The van der Waals surface area contributed by atoms with E-state index in [-0.39, 0.29) is 24.2 Å². The van der Waals surface area contributed by atoms with Gasteiger partial charge >= 0.3 is 12.1 Å². The molecule has 1 aromatic heterocycles. The maximum Gasteiger partial charge on any atom is 0.490 e. The average molecular weight is 489 g/mol. The monoisotopic (exact) mass is 489 g/mol. The second kappa shape index (κ2) is 11.3. The lowest BCUT2D eigenvalue weighted by atomic mass is 9.84. The van der Waals surface area contributed by atoms with Gasteiger partial charge < -0.3 is 24.2 Å².